The first kappa shape index (κ1) is 8.74. The normalized spacial score (nSPS) is 16.7. The van der Waals surface area contributed by atoms with Crippen LogP contribution in [0.3, 0.4) is 0 Å². The van der Waals surface area contributed by atoms with Crippen LogP contribution in [-0.4, -0.2) is 18.1 Å². The van der Waals surface area contributed by atoms with Gasteiger partial charge in [0.2, 0.25) is 0 Å². The number of H-pyrrole nitrogens is 1. The Morgan fingerprint density at radius 1 is 1.13 bits per heavy atom. The molecule has 0 fully saturated rings. The second-order valence-corrected chi connectivity index (χ2v) is 3.97. The predicted octanol–water partition coefficient (Wildman–Crippen LogP) is 2.54. The van der Waals surface area contributed by atoms with E-state index in [9.17, 15) is 0 Å². The zero-order valence-corrected chi connectivity index (χ0v) is 8.59. The van der Waals surface area contributed by atoms with Crippen LogP contribution >= 0.6 is 0 Å². The van der Waals surface area contributed by atoms with E-state index in [1.54, 1.807) is 0 Å². The first-order chi connectivity index (χ1) is 7.43. The van der Waals surface area contributed by atoms with Crippen molar-refractivity contribution in [2.24, 2.45) is 0 Å². The standard InChI is InChI=1S/C13H14N2/c1-2-6-12-10(4-1)8-13(15-12)11-5-3-7-14-9-11/h1-2,4-6,8,14-15H,3,7,9H2. The number of nitrogens with one attached hydrogen (secondary N) is 2. The molecule has 1 aromatic carbocycles. The number of para-hydroxylation sites is 1. The van der Waals surface area contributed by atoms with Gasteiger partial charge >= 0.3 is 0 Å². The molecule has 2 aromatic rings. The monoisotopic (exact) mass is 198 g/mol. The summed E-state index contributed by atoms with van der Waals surface area (Å²) < 4.78 is 0. The van der Waals surface area contributed by atoms with E-state index in [1.807, 2.05) is 0 Å². The topological polar surface area (TPSA) is 27.8 Å². The van der Waals surface area contributed by atoms with Crippen LogP contribution in [0.1, 0.15) is 12.1 Å². The van der Waals surface area contributed by atoms with E-state index in [0.29, 0.717) is 0 Å². The van der Waals surface area contributed by atoms with Gasteiger partial charge in [-0.1, -0.05) is 24.3 Å². The quantitative estimate of drug-likeness (QED) is 0.724. The van der Waals surface area contributed by atoms with Gasteiger partial charge in [-0.3, -0.25) is 0 Å². The van der Waals surface area contributed by atoms with Crippen LogP contribution in [0.2, 0.25) is 0 Å². The summed E-state index contributed by atoms with van der Waals surface area (Å²) in [5.74, 6) is 0. The molecule has 1 aliphatic rings. The van der Waals surface area contributed by atoms with Crippen molar-refractivity contribution in [1.29, 1.82) is 0 Å². The number of fused-ring (bicyclic) bond motifs is 1. The van der Waals surface area contributed by atoms with Gasteiger partial charge < -0.3 is 10.3 Å². The first-order valence-corrected chi connectivity index (χ1v) is 5.41. The molecule has 3 rings (SSSR count). The molecule has 0 saturated carbocycles. The van der Waals surface area contributed by atoms with Gasteiger partial charge in [0.25, 0.3) is 0 Å². The van der Waals surface area contributed by atoms with E-state index in [4.69, 9.17) is 0 Å². The van der Waals surface area contributed by atoms with Crippen molar-refractivity contribution >= 4 is 16.5 Å². The van der Waals surface area contributed by atoms with Gasteiger partial charge in [-0.2, -0.15) is 0 Å². The van der Waals surface area contributed by atoms with Crippen molar-refractivity contribution in [3.8, 4) is 0 Å². The lowest BCUT2D eigenvalue weighted by Crippen LogP contribution is -2.21. The Balaban J connectivity index is 2.07. The lowest BCUT2D eigenvalue weighted by molar-refractivity contribution is 0.738. The van der Waals surface area contributed by atoms with Crippen LogP contribution in [0.4, 0.5) is 0 Å². The fourth-order valence-corrected chi connectivity index (χ4v) is 2.10. The molecule has 76 valence electrons. The molecule has 0 unspecified atom stereocenters. The summed E-state index contributed by atoms with van der Waals surface area (Å²) in [4.78, 5) is 3.46. The molecule has 0 bridgehead atoms. The number of hydrogen-bond acceptors (Lipinski definition) is 1. The summed E-state index contributed by atoms with van der Waals surface area (Å²) in [6.07, 6.45) is 3.45. The van der Waals surface area contributed by atoms with Crippen LogP contribution < -0.4 is 5.32 Å². The second kappa shape index (κ2) is 3.55. The molecular weight excluding hydrogens is 184 g/mol. The second-order valence-electron chi connectivity index (χ2n) is 3.97. The van der Waals surface area contributed by atoms with Crippen LogP contribution in [-0.2, 0) is 0 Å². The maximum atomic E-state index is 3.46. The molecular formula is C13H14N2. The van der Waals surface area contributed by atoms with Gasteiger partial charge in [-0.15, -0.1) is 0 Å². The Kier molecular flexibility index (Phi) is 2.07. The van der Waals surface area contributed by atoms with Crippen molar-refractivity contribution in [2.45, 2.75) is 6.42 Å². The third kappa shape index (κ3) is 1.57. The van der Waals surface area contributed by atoms with Gasteiger partial charge in [-0.25, -0.2) is 0 Å². The highest BCUT2D eigenvalue weighted by Crippen LogP contribution is 2.21. The van der Waals surface area contributed by atoms with E-state index in [-0.39, 0.29) is 0 Å². The minimum atomic E-state index is 0.979. The summed E-state index contributed by atoms with van der Waals surface area (Å²) in [6, 6.07) is 10.6. The van der Waals surface area contributed by atoms with Gasteiger partial charge in [0.05, 0.1) is 0 Å². The maximum Gasteiger partial charge on any atom is 0.0458 e. The average molecular weight is 198 g/mol. The summed E-state index contributed by atoms with van der Waals surface area (Å²) in [6.45, 7) is 2.08. The van der Waals surface area contributed by atoms with Crippen molar-refractivity contribution in [3.05, 3.63) is 42.1 Å². The minimum Gasteiger partial charge on any atom is -0.355 e. The van der Waals surface area contributed by atoms with Crippen LogP contribution in [0.25, 0.3) is 16.5 Å². The van der Waals surface area contributed by atoms with Gasteiger partial charge in [0.1, 0.15) is 0 Å². The molecule has 0 saturated heterocycles. The van der Waals surface area contributed by atoms with Crippen molar-refractivity contribution in [1.82, 2.24) is 10.3 Å². The molecule has 0 atom stereocenters. The van der Waals surface area contributed by atoms with Gasteiger partial charge in [-0.05, 0) is 36.1 Å². The number of rotatable bonds is 1. The predicted molar refractivity (Wildman–Crippen MR) is 63.8 cm³/mol. The minimum absolute atomic E-state index is 0.979. The zero-order valence-electron chi connectivity index (χ0n) is 8.59. The molecule has 1 aliphatic heterocycles. The molecule has 15 heavy (non-hydrogen) atoms. The largest absolute Gasteiger partial charge is 0.355 e. The first-order valence-electron chi connectivity index (χ1n) is 5.41. The number of aromatic nitrogens is 1. The fraction of sp³-hybridized carbons (Fsp3) is 0.231. The Labute approximate surface area is 89.0 Å². The molecule has 0 radical (unpaired) electrons. The van der Waals surface area contributed by atoms with Crippen LogP contribution in [0.15, 0.2) is 36.4 Å². The summed E-state index contributed by atoms with van der Waals surface area (Å²) in [7, 11) is 0. The van der Waals surface area contributed by atoms with E-state index in [0.717, 1.165) is 19.5 Å². The van der Waals surface area contributed by atoms with Crippen LogP contribution in [0.5, 0.6) is 0 Å². The molecule has 1 aromatic heterocycles. The Morgan fingerprint density at radius 2 is 2.07 bits per heavy atom. The molecule has 0 amide bonds. The summed E-state index contributed by atoms with van der Waals surface area (Å²) in [5.41, 5.74) is 3.86. The Bertz CT molecular complexity index is 475. The molecule has 0 spiro atoms. The smallest absolute Gasteiger partial charge is 0.0458 e. The number of benzene rings is 1. The average Bonchev–Trinajstić information content (AvgIpc) is 2.74. The highest BCUT2D eigenvalue weighted by atomic mass is 14.9. The Hall–Kier alpha value is -1.54. The molecule has 0 aliphatic carbocycles. The highest BCUT2D eigenvalue weighted by Gasteiger charge is 2.07. The molecule has 2 heteroatoms. The lowest BCUT2D eigenvalue weighted by atomic mass is 10.1. The Morgan fingerprint density at radius 3 is 2.87 bits per heavy atom. The SMILES string of the molecule is C1=C(c2cc3ccccc3[nH]2)CNCC1. The van der Waals surface area contributed by atoms with E-state index >= 15 is 0 Å². The third-order valence-corrected chi connectivity index (χ3v) is 2.90. The third-order valence-electron chi connectivity index (χ3n) is 2.90. The summed E-state index contributed by atoms with van der Waals surface area (Å²) in [5, 5.41) is 4.68. The molecule has 2 heterocycles. The van der Waals surface area contributed by atoms with Crippen molar-refractivity contribution < 1.29 is 0 Å². The van der Waals surface area contributed by atoms with Gasteiger partial charge in [0, 0.05) is 17.8 Å². The lowest BCUT2D eigenvalue weighted by Gasteiger charge is -2.12. The van der Waals surface area contributed by atoms with Crippen LogP contribution in [0, 0.1) is 0 Å². The maximum absolute atomic E-state index is 3.46. The van der Waals surface area contributed by atoms with E-state index in [1.165, 1.54) is 22.2 Å². The van der Waals surface area contributed by atoms with E-state index < -0.39 is 0 Å². The number of aromatic amines is 1. The van der Waals surface area contributed by atoms with Crippen molar-refractivity contribution in [3.63, 3.8) is 0 Å². The van der Waals surface area contributed by atoms with E-state index in [2.05, 4.69) is 46.7 Å². The summed E-state index contributed by atoms with van der Waals surface area (Å²) >= 11 is 0. The van der Waals surface area contributed by atoms with Crippen molar-refractivity contribution in [2.75, 3.05) is 13.1 Å². The molecule has 2 N–H and O–H groups in total. The molecule has 2 nitrogen and oxygen atoms in total. The number of hydrogen-bond donors (Lipinski definition) is 2. The highest BCUT2D eigenvalue weighted by molar-refractivity contribution is 5.85. The fourth-order valence-electron chi connectivity index (χ4n) is 2.10. The van der Waals surface area contributed by atoms with Gasteiger partial charge in [0.15, 0.2) is 0 Å². The zero-order chi connectivity index (χ0) is 10.1.